The number of hydrogen-bond acceptors (Lipinski definition) is 4. The fourth-order valence-electron chi connectivity index (χ4n) is 3.19. The van der Waals surface area contributed by atoms with Crippen molar-refractivity contribution in [2.45, 2.75) is 18.9 Å². The van der Waals surface area contributed by atoms with E-state index in [2.05, 4.69) is 12.1 Å². The van der Waals surface area contributed by atoms with Gasteiger partial charge in [0.05, 0.1) is 26.9 Å². The number of methoxy groups -OCH3 is 3. The molecule has 0 bridgehead atoms. The smallest absolute Gasteiger partial charge is 0.134 e. The topological polar surface area (TPSA) is 53.7 Å². The zero-order valence-electron chi connectivity index (χ0n) is 13.2. The quantitative estimate of drug-likeness (QED) is 0.941. The second-order valence-electron chi connectivity index (χ2n) is 5.43. The molecule has 22 heavy (non-hydrogen) atoms. The van der Waals surface area contributed by atoms with Gasteiger partial charge in [-0.3, -0.25) is 0 Å². The highest BCUT2D eigenvalue weighted by atomic mass is 16.5. The Kier molecular flexibility index (Phi) is 3.94. The Labute approximate surface area is 130 Å². The molecule has 2 aromatic carbocycles. The van der Waals surface area contributed by atoms with E-state index in [0.717, 1.165) is 35.5 Å². The molecule has 0 saturated heterocycles. The van der Waals surface area contributed by atoms with Crippen LogP contribution in [-0.4, -0.2) is 21.3 Å². The number of nitrogens with two attached hydrogens (primary N) is 1. The molecule has 116 valence electrons. The third-order valence-electron chi connectivity index (χ3n) is 4.30. The first-order valence-corrected chi connectivity index (χ1v) is 7.37. The monoisotopic (exact) mass is 299 g/mol. The third kappa shape index (κ3) is 2.29. The molecule has 2 aromatic rings. The average molecular weight is 299 g/mol. The molecule has 0 saturated carbocycles. The largest absolute Gasteiger partial charge is 0.496 e. The van der Waals surface area contributed by atoms with Crippen molar-refractivity contribution < 1.29 is 14.2 Å². The standard InChI is InChI=1S/C18H21NO3/c1-20-11-9-16(21-2)18(17(10-11)22-3)14-6-4-5-13-12(14)7-8-15(13)19/h4-6,9-10,15H,7-8,19H2,1-3H3/t15-/m1/s1. The van der Waals surface area contributed by atoms with Crippen LogP contribution >= 0.6 is 0 Å². The minimum absolute atomic E-state index is 0.116. The normalized spacial score (nSPS) is 16.3. The minimum atomic E-state index is 0.116. The Morgan fingerprint density at radius 3 is 2.27 bits per heavy atom. The fraction of sp³-hybridized carbons (Fsp3) is 0.333. The number of hydrogen-bond donors (Lipinski definition) is 1. The van der Waals surface area contributed by atoms with E-state index >= 15 is 0 Å². The molecule has 4 nitrogen and oxygen atoms in total. The predicted octanol–water partition coefficient (Wildman–Crippen LogP) is 3.33. The molecule has 0 aliphatic heterocycles. The SMILES string of the molecule is COc1cc(OC)c(-c2cccc3c2CC[C@H]3N)c(OC)c1. The summed E-state index contributed by atoms with van der Waals surface area (Å²) >= 11 is 0. The molecule has 2 N–H and O–H groups in total. The zero-order chi connectivity index (χ0) is 15.7. The number of fused-ring (bicyclic) bond motifs is 1. The van der Waals surface area contributed by atoms with Crippen molar-refractivity contribution in [3.8, 4) is 28.4 Å². The van der Waals surface area contributed by atoms with Crippen LogP contribution in [-0.2, 0) is 6.42 Å². The lowest BCUT2D eigenvalue weighted by molar-refractivity contribution is 0.377. The Morgan fingerprint density at radius 1 is 1.00 bits per heavy atom. The summed E-state index contributed by atoms with van der Waals surface area (Å²) in [6.45, 7) is 0. The molecule has 3 rings (SSSR count). The van der Waals surface area contributed by atoms with Crippen LogP contribution in [0.3, 0.4) is 0 Å². The summed E-state index contributed by atoms with van der Waals surface area (Å²) in [5.74, 6) is 2.19. The molecule has 1 aliphatic carbocycles. The fourth-order valence-corrected chi connectivity index (χ4v) is 3.19. The molecule has 0 fully saturated rings. The molecule has 4 heteroatoms. The Morgan fingerprint density at radius 2 is 1.68 bits per heavy atom. The van der Waals surface area contributed by atoms with Crippen LogP contribution in [0.1, 0.15) is 23.6 Å². The van der Waals surface area contributed by atoms with Crippen molar-refractivity contribution in [2.24, 2.45) is 5.73 Å². The summed E-state index contributed by atoms with van der Waals surface area (Å²) in [6.07, 6.45) is 1.96. The average Bonchev–Trinajstić information content (AvgIpc) is 2.95. The first-order valence-electron chi connectivity index (χ1n) is 7.37. The van der Waals surface area contributed by atoms with Crippen molar-refractivity contribution in [2.75, 3.05) is 21.3 Å². The van der Waals surface area contributed by atoms with Crippen molar-refractivity contribution >= 4 is 0 Å². The predicted molar refractivity (Wildman–Crippen MR) is 86.8 cm³/mol. The highest BCUT2D eigenvalue weighted by molar-refractivity contribution is 5.81. The Hall–Kier alpha value is -2.20. The molecule has 1 aliphatic rings. The second-order valence-corrected chi connectivity index (χ2v) is 5.43. The first kappa shape index (κ1) is 14.7. The van der Waals surface area contributed by atoms with Gasteiger partial charge < -0.3 is 19.9 Å². The van der Waals surface area contributed by atoms with Gasteiger partial charge in [0.15, 0.2) is 0 Å². The summed E-state index contributed by atoms with van der Waals surface area (Å²) in [5, 5.41) is 0. The van der Waals surface area contributed by atoms with Crippen molar-refractivity contribution in [1.82, 2.24) is 0 Å². The van der Waals surface area contributed by atoms with Gasteiger partial charge in [-0.25, -0.2) is 0 Å². The van der Waals surface area contributed by atoms with E-state index in [4.69, 9.17) is 19.9 Å². The maximum absolute atomic E-state index is 6.20. The van der Waals surface area contributed by atoms with Gasteiger partial charge in [-0.05, 0) is 29.5 Å². The minimum Gasteiger partial charge on any atom is -0.496 e. The van der Waals surface area contributed by atoms with E-state index in [0.29, 0.717) is 5.75 Å². The Bertz CT molecular complexity index is 672. The van der Waals surface area contributed by atoms with Crippen molar-refractivity contribution in [1.29, 1.82) is 0 Å². The van der Waals surface area contributed by atoms with Crippen LogP contribution in [0.4, 0.5) is 0 Å². The summed E-state index contributed by atoms with van der Waals surface area (Å²) in [7, 11) is 4.95. The van der Waals surface area contributed by atoms with E-state index in [1.54, 1.807) is 21.3 Å². The van der Waals surface area contributed by atoms with Gasteiger partial charge in [0.25, 0.3) is 0 Å². The number of benzene rings is 2. The van der Waals surface area contributed by atoms with Crippen molar-refractivity contribution in [3.05, 3.63) is 41.5 Å². The highest BCUT2D eigenvalue weighted by Gasteiger charge is 2.25. The van der Waals surface area contributed by atoms with Gasteiger partial charge in [0.1, 0.15) is 17.2 Å². The lowest BCUT2D eigenvalue weighted by Crippen LogP contribution is -2.05. The summed E-state index contributed by atoms with van der Waals surface area (Å²) < 4.78 is 16.5. The molecule has 0 radical (unpaired) electrons. The van der Waals surface area contributed by atoms with E-state index < -0.39 is 0 Å². The van der Waals surface area contributed by atoms with Gasteiger partial charge in [-0.15, -0.1) is 0 Å². The van der Waals surface area contributed by atoms with Crippen LogP contribution < -0.4 is 19.9 Å². The number of ether oxygens (including phenoxy) is 3. The maximum Gasteiger partial charge on any atom is 0.134 e. The lowest BCUT2D eigenvalue weighted by Gasteiger charge is -2.18. The zero-order valence-corrected chi connectivity index (χ0v) is 13.2. The van der Waals surface area contributed by atoms with Gasteiger partial charge in [0, 0.05) is 18.2 Å². The highest BCUT2D eigenvalue weighted by Crippen LogP contribution is 2.46. The molecule has 0 unspecified atom stereocenters. The van der Waals surface area contributed by atoms with E-state index in [-0.39, 0.29) is 6.04 Å². The van der Waals surface area contributed by atoms with Crippen LogP contribution in [0.25, 0.3) is 11.1 Å². The molecular weight excluding hydrogens is 278 g/mol. The van der Waals surface area contributed by atoms with Crippen LogP contribution in [0.15, 0.2) is 30.3 Å². The van der Waals surface area contributed by atoms with Crippen LogP contribution in [0, 0.1) is 0 Å². The molecule has 0 amide bonds. The van der Waals surface area contributed by atoms with Crippen LogP contribution in [0.5, 0.6) is 17.2 Å². The van der Waals surface area contributed by atoms with E-state index in [1.807, 2.05) is 18.2 Å². The van der Waals surface area contributed by atoms with Crippen LogP contribution in [0.2, 0.25) is 0 Å². The molecule has 0 spiro atoms. The van der Waals surface area contributed by atoms with Crippen molar-refractivity contribution in [3.63, 3.8) is 0 Å². The summed E-state index contributed by atoms with van der Waals surface area (Å²) in [6, 6.07) is 10.1. The molecule has 0 heterocycles. The Balaban J connectivity index is 2.25. The van der Waals surface area contributed by atoms with E-state index in [1.165, 1.54) is 11.1 Å². The number of rotatable bonds is 4. The maximum atomic E-state index is 6.20. The summed E-state index contributed by atoms with van der Waals surface area (Å²) in [4.78, 5) is 0. The molecular formula is C18H21NO3. The van der Waals surface area contributed by atoms with E-state index in [9.17, 15) is 0 Å². The van der Waals surface area contributed by atoms with Gasteiger partial charge in [-0.2, -0.15) is 0 Å². The first-order chi connectivity index (χ1) is 10.7. The lowest BCUT2D eigenvalue weighted by atomic mass is 9.95. The third-order valence-corrected chi connectivity index (χ3v) is 4.30. The molecule has 1 atom stereocenters. The molecule has 0 aromatic heterocycles. The van der Waals surface area contributed by atoms with Gasteiger partial charge in [-0.1, -0.05) is 18.2 Å². The summed E-state index contributed by atoms with van der Waals surface area (Å²) in [5.41, 5.74) is 10.8. The van der Waals surface area contributed by atoms with Gasteiger partial charge in [0.2, 0.25) is 0 Å². The second kappa shape index (κ2) is 5.89. The van der Waals surface area contributed by atoms with Gasteiger partial charge >= 0.3 is 0 Å².